The lowest BCUT2D eigenvalue weighted by atomic mass is 10.3. The van der Waals surface area contributed by atoms with Crippen molar-refractivity contribution in [3.8, 4) is 18.1 Å². The normalized spacial score (nSPS) is 10.5. The molecule has 0 amide bonds. The lowest BCUT2D eigenvalue weighted by Crippen LogP contribution is -3.00. The van der Waals surface area contributed by atoms with E-state index >= 15 is 0 Å². The lowest BCUT2D eigenvalue weighted by molar-refractivity contribution is -0.883. The van der Waals surface area contributed by atoms with Crippen LogP contribution in [0.2, 0.25) is 0 Å². The zero-order valence-corrected chi connectivity index (χ0v) is 15.7. The molecule has 3 nitrogen and oxygen atoms in total. The van der Waals surface area contributed by atoms with E-state index < -0.39 is 0 Å². The van der Waals surface area contributed by atoms with Crippen LogP contribution < -0.4 is 27.5 Å². The Kier molecular flexibility index (Phi) is 8.06. The van der Waals surface area contributed by atoms with Gasteiger partial charge in [0.2, 0.25) is 0 Å². The van der Waals surface area contributed by atoms with E-state index in [1.807, 2.05) is 12.1 Å². The summed E-state index contributed by atoms with van der Waals surface area (Å²) >= 11 is 6.87. The molecule has 0 saturated carbocycles. The predicted octanol–water partition coefficient (Wildman–Crippen LogP) is -0.114. The zero-order valence-electron chi connectivity index (χ0n) is 10.9. The first kappa shape index (κ1) is 18.8. The molecular weight excluding hydrogens is 440 g/mol. The Labute approximate surface area is 142 Å². The van der Waals surface area contributed by atoms with Crippen molar-refractivity contribution in [3.05, 3.63) is 21.1 Å². The third-order valence-corrected chi connectivity index (χ3v) is 3.66. The highest BCUT2D eigenvalue weighted by atomic mass is 79.9. The van der Waals surface area contributed by atoms with Crippen molar-refractivity contribution in [2.24, 2.45) is 0 Å². The van der Waals surface area contributed by atoms with Gasteiger partial charge in [-0.25, -0.2) is 0 Å². The fourth-order valence-corrected chi connectivity index (χ4v) is 2.89. The van der Waals surface area contributed by atoms with Gasteiger partial charge >= 0.3 is 0 Å². The highest BCUT2D eigenvalue weighted by molar-refractivity contribution is 9.11. The van der Waals surface area contributed by atoms with Gasteiger partial charge in [-0.2, -0.15) is 0 Å². The molecule has 1 rings (SSSR count). The molecule has 0 saturated heterocycles. The zero-order chi connectivity index (χ0) is 13.8. The van der Waals surface area contributed by atoms with Crippen LogP contribution in [0.3, 0.4) is 0 Å². The van der Waals surface area contributed by atoms with Crippen LogP contribution in [0.25, 0.3) is 0 Å². The van der Waals surface area contributed by atoms with E-state index in [1.165, 1.54) is 0 Å². The Morgan fingerprint density at radius 3 is 2.32 bits per heavy atom. The molecule has 0 aliphatic carbocycles. The maximum atomic E-state index is 5.77. The van der Waals surface area contributed by atoms with Gasteiger partial charge in [0.15, 0.2) is 0 Å². The fraction of sp³-hybridized carbons (Fsp3) is 0.385. The van der Waals surface area contributed by atoms with Crippen molar-refractivity contribution in [2.75, 3.05) is 39.5 Å². The Morgan fingerprint density at radius 2 is 1.84 bits per heavy atom. The molecule has 2 N–H and O–H groups in total. The summed E-state index contributed by atoms with van der Waals surface area (Å²) in [5.41, 5.74) is 6.41. The number of rotatable bonds is 5. The number of nitrogen functional groups attached to an aromatic ring is 1. The summed E-state index contributed by atoms with van der Waals surface area (Å²) in [6, 6.07) is 3.64. The molecule has 0 unspecified atom stereocenters. The first-order chi connectivity index (χ1) is 8.35. The van der Waals surface area contributed by atoms with Crippen LogP contribution in [0.5, 0.6) is 5.75 Å². The highest BCUT2D eigenvalue weighted by Gasteiger charge is 2.14. The maximum Gasteiger partial charge on any atom is 0.148 e. The Hall–Kier alpha value is -0.220. The lowest BCUT2D eigenvalue weighted by Gasteiger charge is -2.27. The maximum absolute atomic E-state index is 5.77. The molecule has 1 aromatic carbocycles. The topological polar surface area (TPSA) is 35.2 Å². The molecule has 0 aliphatic heterocycles. The van der Waals surface area contributed by atoms with Crippen molar-refractivity contribution in [1.82, 2.24) is 0 Å². The van der Waals surface area contributed by atoms with E-state index in [1.54, 1.807) is 0 Å². The van der Waals surface area contributed by atoms with Gasteiger partial charge in [-0.1, -0.05) is 0 Å². The number of terminal acetylenes is 1. The minimum absolute atomic E-state index is 0. The summed E-state index contributed by atoms with van der Waals surface area (Å²) < 4.78 is 8.20. The van der Waals surface area contributed by atoms with Gasteiger partial charge in [-0.15, -0.1) is 6.42 Å². The summed E-state index contributed by atoms with van der Waals surface area (Å²) in [4.78, 5) is 0. The van der Waals surface area contributed by atoms with E-state index in [4.69, 9.17) is 16.9 Å². The number of hydrogen-bond donors (Lipinski definition) is 1. The van der Waals surface area contributed by atoms with Crippen LogP contribution in [0.1, 0.15) is 0 Å². The Bertz CT molecular complexity index is 446. The van der Waals surface area contributed by atoms with Crippen LogP contribution in [-0.2, 0) is 0 Å². The number of likely N-dealkylation sites (N-methyl/N-ethyl adjacent to an activating group) is 1. The van der Waals surface area contributed by atoms with Gasteiger partial charge in [0.25, 0.3) is 0 Å². The molecule has 0 bridgehead atoms. The molecule has 6 heteroatoms. The van der Waals surface area contributed by atoms with Gasteiger partial charge in [-0.3, -0.25) is 0 Å². The van der Waals surface area contributed by atoms with Crippen LogP contribution in [0, 0.1) is 12.3 Å². The van der Waals surface area contributed by atoms with Crippen molar-refractivity contribution >= 4 is 37.5 Å². The summed E-state index contributed by atoms with van der Waals surface area (Å²) in [6.45, 7) is 2.12. The molecule has 0 spiro atoms. The summed E-state index contributed by atoms with van der Waals surface area (Å²) in [7, 11) is 4.16. The van der Waals surface area contributed by atoms with Crippen molar-refractivity contribution in [2.45, 2.75) is 0 Å². The van der Waals surface area contributed by atoms with Crippen LogP contribution in [0.4, 0.5) is 5.69 Å². The molecule has 0 heterocycles. The molecule has 0 fully saturated rings. The third kappa shape index (κ3) is 6.17. The fourth-order valence-electron chi connectivity index (χ4n) is 1.44. The second-order valence-corrected chi connectivity index (χ2v) is 6.39. The molecule has 19 heavy (non-hydrogen) atoms. The summed E-state index contributed by atoms with van der Waals surface area (Å²) in [5.74, 6) is 3.44. The minimum Gasteiger partial charge on any atom is -1.00 e. The minimum atomic E-state index is 0. The van der Waals surface area contributed by atoms with Crippen LogP contribution in [0.15, 0.2) is 21.1 Å². The smallest absolute Gasteiger partial charge is 0.148 e. The van der Waals surface area contributed by atoms with E-state index in [0.717, 1.165) is 25.7 Å². The predicted molar refractivity (Wildman–Crippen MR) is 82.4 cm³/mol. The van der Waals surface area contributed by atoms with Crippen molar-refractivity contribution in [1.29, 1.82) is 0 Å². The number of hydrogen-bond acceptors (Lipinski definition) is 2. The van der Waals surface area contributed by atoms with Gasteiger partial charge in [0, 0.05) is 5.69 Å². The monoisotopic (exact) mass is 454 g/mol. The first-order valence-corrected chi connectivity index (χ1v) is 7.07. The average molecular weight is 457 g/mol. The van der Waals surface area contributed by atoms with Gasteiger partial charge in [-0.05, 0) is 49.9 Å². The Morgan fingerprint density at radius 1 is 1.32 bits per heavy atom. The highest BCUT2D eigenvalue weighted by Crippen LogP contribution is 2.35. The number of benzene rings is 1. The number of anilines is 1. The average Bonchev–Trinajstić information content (AvgIpc) is 2.21. The molecule has 1 aromatic rings. The SMILES string of the molecule is C#CC[N+](C)(C)CCOc1c(Br)cc(N)cc1Br.[Br-]. The summed E-state index contributed by atoms with van der Waals surface area (Å²) in [5, 5.41) is 0. The summed E-state index contributed by atoms with van der Waals surface area (Å²) in [6.07, 6.45) is 5.33. The van der Waals surface area contributed by atoms with Gasteiger partial charge < -0.3 is 31.9 Å². The number of quaternary nitrogens is 1. The molecule has 0 aromatic heterocycles. The van der Waals surface area contributed by atoms with Gasteiger partial charge in [0.05, 0.1) is 23.0 Å². The molecular formula is C13H17Br3N2O. The standard InChI is InChI=1S/C13H17Br2N2O.BrH/c1-4-5-17(2,3)6-7-18-13-11(14)8-10(16)9-12(13)15;/h1,8-9H,5-7,16H2,2-3H3;1H/q+1;/p-1. The van der Waals surface area contributed by atoms with Crippen LogP contribution in [-0.4, -0.2) is 38.3 Å². The number of ether oxygens (including phenoxy) is 1. The second kappa shape index (κ2) is 8.15. The Balaban J connectivity index is 0.00000324. The van der Waals surface area contributed by atoms with E-state index in [-0.39, 0.29) is 17.0 Å². The van der Waals surface area contributed by atoms with E-state index in [9.17, 15) is 0 Å². The quantitative estimate of drug-likeness (QED) is 0.381. The first-order valence-electron chi connectivity index (χ1n) is 5.48. The third-order valence-electron chi connectivity index (χ3n) is 2.48. The largest absolute Gasteiger partial charge is 1.00 e. The van der Waals surface area contributed by atoms with Crippen molar-refractivity contribution in [3.63, 3.8) is 0 Å². The van der Waals surface area contributed by atoms with Gasteiger partial charge in [0.1, 0.15) is 25.4 Å². The molecule has 106 valence electrons. The van der Waals surface area contributed by atoms with E-state index in [0.29, 0.717) is 18.8 Å². The molecule has 0 aliphatic rings. The number of nitrogens with two attached hydrogens (primary N) is 1. The second-order valence-electron chi connectivity index (χ2n) is 4.68. The van der Waals surface area contributed by atoms with Crippen LogP contribution >= 0.6 is 31.9 Å². The number of halogens is 3. The van der Waals surface area contributed by atoms with E-state index in [2.05, 4.69) is 51.9 Å². The molecule has 0 radical (unpaired) electrons. The molecule has 0 atom stereocenters. The number of nitrogens with zero attached hydrogens (tertiary/aromatic N) is 1. The van der Waals surface area contributed by atoms with Crippen molar-refractivity contribution < 1.29 is 26.2 Å².